The third-order valence-corrected chi connectivity index (χ3v) is 5.76. The maximum absolute atomic E-state index is 11.3. The molecule has 3 atom stereocenters. The molecule has 0 aromatic rings. The number of hydrogen-bond donors (Lipinski definition) is 1. The van der Waals surface area contributed by atoms with E-state index in [-0.39, 0.29) is 24.1 Å². The van der Waals surface area contributed by atoms with E-state index in [4.69, 9.17) is 4.74 Å². The number of cyclic esters (lactones) is 1. The lowest BCUT2D eigenvalue weighted by atomic mass is 9.89. The van der Waals surface area contributed by atoms with Crippen molar-refractivity contribution >= 4 is 5.97 Å². The smallest absolute Gasteiger partial charge is 0.313 e. The molecule has 3 heteroatoms. The first kappa shape index (κ1) is 24.2. The maximum Gasteiger partial charge on any atom is 0.313 e. The molecule has 0 amide bonds. The van der Waals surface area contributed by atoms with Crippen LogP contribution in [0.5, 0.6) is 0 Å². The van der Waals surface area contributed by atoms with Crippen LogP contribution >= 0.6 is 0 Å². The first-order valence-electron chi connectivity index (χ1n) is 11.7. The number of aliphatic hydroxyl groups excluding tert-OH is 1. The topological polar surface area (TPSA) is 46.5 Å². The Labute approximate surface area is 168 Å². The minimum Gasteiger partial charge on any atom is -0.461 e. The molecule has 3 unspecified atom stereocenters. The van der Waals surface area contributed by atoms with E-state index in [1.54, 1.807) is 0 Å². The Kier molecular flexibility index (Phi) is 14.5. The molecule has 1 aliphatic rings. The molecule has 0 radical (unpaired) electrons. The van der Waals surface area contributed by atoms with Gasteiger partial charge < -0.3 is 9.84 Å². The Bertz CT molecular complexity index is 391. The van der Waals surface area contributed by atoms with E-state index < -0.39 is 0 Å². The van der Waals surface area contributed by atoms with E-state index in [0.29, 0.717) is 6.42 Å². The molecular weight excluding hydrogens is 336 g/mol. The van der Waals surface area contributed by atoms with Gasteiger partial charge in [0.1, 0.15) is 6.10 Å². The van der Waals surface area contributed by atoms with Crippen molar-refractivity contribution in [2.24, 2.45) is 5.92 Å². The van der Waals surface area contributed by atoms with Gasteiger partial charge in [-0.1, -0.05) is 83.8 Å². The molecule has 158 valence electrons. The van der Waals surface area contributed by atoms with Crippen molar-refractivity contribution in [3.8, 4) is 0 Å². The summed E-state index contributed by atoms with van der Waals surface area (Å²) in [7, 11) is 0. The summed E-state index contributed by atoms with van der Waals surface area (Å²) in [6.45, 7) is 4.28. The van der Waals surface area contributed by atoms with Gasteiger partial charge in [-0.15, -0.1) is 0 Å². The van der Waals surface area contributed by atoms with Gasteiger partial charge >= 0.3 is 5.97 Å². The van der Waals surface area contributed by atoms with Crippen molar-refractivity contribution in [1.29, 1.82) is 0 Å². The Morgan fingerprint density at radius 1 is 0.889 bits per heavy atom. The van der Waals surface area contributed by atoms with Crippen molar-refractivity contribution in [3.63, 3.8) is 0 Å². The lowest BCUT2D eigenvalue weighted by Gasteiger charge is -2.35. The fourth-order valence-electron chi connectivity index (χ4n) is 3.88. The SMILES string of the molecule is CCCCCCCC/C=C\CCCCCCCC(O)CC1OC(=O)C1CC. The molecule has 1 fully saturated rings. The van der Waals surface area contributed by atoms with Crippen LogP contribution in [0.15, 0.2) is 12.2 Å². The van der Waals surface area contributed by atoms with E-state index >= 15 is 0 Å². The molecule has 1 saturated heterocycles. The molecular formula is C24H44O3. The summed E-state index contributed by atoms with van der Waals surface area (Å²) >= 11 is 0. The molecule has 0 aliphatic carbocycles. The van der Waals surface area contributed by atoms with Gasteiger partial charge in [0, 0.05) is 6.42 Å². The zero-order chi connectivity index (χ0) is 19.7. The van der Waals surface area contributed by atoms with E-state index in [1.807, 2.05) is 6.92 Å². The third kappa shape index (κ3) is 11.6. The number of carbonyl (C=O) groups excluding carboxylic acids is 1. The summed E-state index contributed by atoms with van der Waals surface area (Å²) in [6, 6.07) is 0. The van der Waals surface area contributed by atoms with Crippen LogP contribution in [0.3, 0.4) is 0 Å². The molecule has 1 heterocycles. The van der Waals surface area contributed by atoms with E-state index in [0.717, 1.165) is 19.3 Å². The monoisotopic (exact) mass is 380 g/mol. The number of rotatable bonds is 18. The van der Waals surface area contributed by atoms with E-state index in [2.05, 4.69) is 19.1 Å². The number of ether oxygens (including phenoxy) is 1. The standard InChI is InChI=1S/C24H44O3/c1-3-5-6-7-8-9-10-11-12-13-14-15-16-17-18-19-21(25)20-23-22(4-2)24(26)27-23/h11-12,21-23,25H,3-10,13-20H2,1-2H3/b12-11-. The third-order valence-electron chi connectivity index (χ3n) is 5.76. The molecule has 0 aromatic carbocycles. The highest BCUT2D eigenvalue weighted by Crippen LogP contribution is 2.29. The predicted octanol–water partition coefficient (Wildman–Crippen LogP) is 6.73. The molecule has 3 nitrogen and oxygen atoms in total. The molecule has 0 aromatic heterocycles. The zero-order valence-electron chi connectivity index (χ0n) is 18.0. The summed E-state index contributed by atoms with van der Waals surface area (Å²) in [5, 5.41) is 10.1. The zero-order valence-corrected chi connectivity index (χ0v) is 18.0. The second-order valence-corrected chi connectivity index (χ2v) is 8.25. The van der Waals surface area contributed by atoms with Crippen LogP contribution < -0.4 is 0 Å². The lowest BCUT2D eigenvalue weighted by Crippen LogP contribution is -2.46. The number of allylic oxidation sites excluding steroid dienone is 2. The molecule has 27 heavy (non-hydrogen) atoms. The van der Waals surface area contributed by atoms with Crippen LogP contribution in [-0.4, -0.2) is 23.3 Å². The number of unbranched alkanes of at least 4 members (excludes halogenated alkanes) is 11. The highest BCUT2D eigenvalue weighted by Gasteiger charge is 2.41. The summed E-state index contributed by atoms with van der Waals surface area (Å²) < 4.78 is 5.14. The van der Waals surface area contributed by atoms with Crippen LogP contribution in [0.2, 0.25) is 0 Å². The predicted molar refractivity (Wildman–Crippen MR) is 114 cm³/mol. The second-order valence-electron chi connectivity index (χ2n) is 8.25. The van der Waals surface area contributed by atoms with E-state index in [1.165, 1.54) is 77.0 Å². The molecule has 0 bridgehead atoms. The number of esters is 1. The quantitative estimate of drug-likeness (QED) is 0.163. The van der Waals surface area contributed by atoms with Gasteiger partial charge in [-0.3, -0.25) is 4.79 Å². The van der Waals surface area contributed by atoms with Crippen LogP contribution in [-0.2, 0) is 9.53 Å². The summed E-state index contributed by atoms with van der Waals surface area (Å²) in [5.74, 6) is -0.0653. The summed E-state index contributed by atoms with van der Waals surface area (Å²) in [5.41, 5.74) is 0. The Morgan fingerprint density at radius 3 is 2.00 bits per heavy atom. The minimum absolute atomic E-state index is 0.0220. The van der Waals surface area contributed by atoms with Gasteiger partial charge in [0.05, 0.1) is 12.0 Å². The average Bonchev–Trinajstić information content (AvgIpc) is 2.64. The summed E-state index contributed by atoms with van der Waals surface area (Å²) in [4.78, 5) is 11.3. The number of carbonyl (C=O) groups is 1. The second kappa shape index (κ2) is 16.2. The molecule has 1 rings (SSSR count). The Hall–Kier alpha value is -0.830. The van der Waals surface area contributed by atoms with Crippen LogP contribution in [0.25, 0.3) is 0 Å². The van der Waals surface area contributed by atoms with Crippen molar-refractivity contribution in [1.82, 2.24) is 0 Å². The largest absolute Gasteiger partial charge is 0.461 e. The average molecular weight is 381 g/mol. The van der Waals surface area contributed by atoms with Crippen molar-refractivity contribution < 1.29 is 14.6 Å². The molecule has 1 N–H and O–H groups in total. The van der Waals surface area contributed by atoms with Gasteiger partial charge in [-0.2, -0.15) is 0 Å². The van der Waals surface area contributed by atoms with Gasteiger partial charge in [0.25, 0.3) is 0 Å². The Balaban J connectivity index is 1.82. The Morgan fingerprint density at radius 2 is 1.44 bits per heavy atom. The first-order valence-corrected chi connectivity index (χ1v) is 11.7. The van der Waals surface area contributed by atoms with E-state index in [9.17, 15) is 9.90 Å². The first-order chi connectivity index (χ1) is 13.2. The van der Waals surface area contributed by atoms with Gasteiger partial charge in [-0.05, 0) is 38.5 Å². The number of aliphatic hydroxyl groups is 1. The molecule has 1 aliphatic heterocycles. The van der Waals surface area contributed by atoms with Crippen molar-refractivity contribution in [2.75, 3.05) is 0 Å². The van der Waals surface area contributed by atoms with Gasteiger partial charge in [-0.25, -0.2) is 0 Å². The summed E-state index contributed by atoms with van der Waals surface area (Å²) in [6.07, 6.45) is 23.5. The fraction of sp³-hybridized carbons (Fsp3) is 0.875. The number of hydrogen-bond acceptors (Lipinski definition) is 3. The molecule has 0 saturated carbocycles. The van der Waals surface area contributed by atoms with Crippen molar-refractivity contribution in [2.45, 2.75) is 129 Å². The lowest BCUT2D eigenvalue weighted by molar-refractivity contribution is -0.188. The van der Waals surface area contributed by atoms with Crippen LogP contribution in [0, 0.1) is 5.92 Å². The fourth-order valence-corrected chi connectivity index (χ4v) is 3.88. The van der Waals surface area contributed by atoms with Crippen LogP contribution in [0.1, 0.15) is 117 Å². The highest BCUT2D eigenvalue weighted by molar-refractivity contribution is 5.78. The highest BCUT2D eigenvalue weighted by atomic mass is 16.6. The normalized spacial score (nSPS) is 20.6. The van der Waals surface area contributed by atoms with Crippen molar-refractivity contribution in [3.05, 3.63) is 12.2 Å². The van der Waals surface area contributed by atoms with Gasteiger partial charge in [0.15, 0.2) is 0 Å². The molecule has 0 spiro atoms. The maximum atomic E-state index is 11.3. The minimum atomic E-state index is -0.318. The van der Waals surface area contributed by atoms with Crippen LogP contribution in [0.4, 0.5) is 0 Å². The van der Waals surface area contributed by atoms with Gasteiger partial charge in [0.2, 0.25) is 0 Å².